The smallest absolute Gasteiger partial charge is 0.287 e. The normalized spacial score (nSPS) is 12.8. The second-order valence-corrected chi connectivity index (χ2v) is 7.34. The first-order valence-electron chi connectivity index (χ1n) is 10.1. The largest absolute Gasteiger partial charge is 0.463 e. The van der Waals surface area contributed by atoms with Gasteiger partial charge in [-0.25, -0.2) is 0 Å². The van der Waals surface area contributed by atoms with Gasteiger partial charge in [-0.05, 0) is 31.2 Å². The number of carbonyl (C=O) groups is 1. The molecule has 0 aliphatic heterocycles. The highest BCUT2D eigenvalue weighted by Crippen LogP contribution is 2.21. The SMILES string of the molecule is Cc1ccc(NC(=O)[C@H]([NH2+][C@H](c2ccccc2)c2ccco2)c2ccccc2)cc1. The van der Waals surface area contributed by atoms with Gasteiger partial charge in [0.2, 0.25) is 0 Å². The van der Waals surface area contributed by atoms with Crippen LogP contribution in [0.25, 0.3) is 0 Å². The molecule has 3 N–H and O–H groups in total. The van der Waals surface area contributed by atoms with Gasteiger partial charge in [0.15, 0.2) is 17.8 Å². The zero-order chi connectivity index (χ0) is 20.8. The van der Waals surface area contributed by atoms with E-state index in [4.69, 9.17) is 4.42 Å². The molecule has 0 radical (unpaired) electrons. The molecule has 3 aromatic carbocycles. The molecular formula is C26H25N2O2+. The second-order valence-electron chi connectivity index (χ2n) is 7.34. The minimum atomic E-state index is -0.442. The van der Waals surface area contributed by atoms with Crippen LogP contribution in [-0.4, -0.2) is 5.91 Å². The van der Waals surface area contributed by atoms with E-state index in [0.717, 1.165) is 28.1 Å². The minimum Gasteiger partial charge on any atom is -0.463 e. The highest BCUT2D eigenvalue weighted by Gasteiger charge is 2.31. The number of hydrogen-bond acceptors (Lipinski definition) is 2. The molecule has 0 aliphatic rings. The lowest BCUT2D eigenvalue weighted by atomic mass is 10.00. The summed E-state index contributed by atoms with van der Waals surface area (Å²) in [6.07, 6.45) is 1.67. The number of nitrogens with two attached hydrogens (primary N) is 1. The first kappa shape index (κ1) is 19.7. The maximum absolute atomic E-state index is 13.4. The molecule has 0 saturated carbocycles. The Labute approximate surface area is 176 Å². The molecule has 4 heteroatoms. The molecule has 4 rings (SSSR count). The second kappa shape index (κ2) is 9.25. The fourth-order valence-electron chi connectivity index (χ4n) is 3.56. The summed E-state index contributed by atoms with van der Waals surface area (Å²) in [6, 6.07) is 31.0. The maximum atomic E-state index is 13.4. The zero-order valence-corrected chi connectivity index (χ0v) is 16.9. The topological polar surface area (TPSA) is 58.9 Å². The van der Waals surface area contributed by atoms with E-state index in [1.54, 1.807) is 6.26 Å². The van der Waals surface area contributed by atoms with Gasteiger partial charge in [-0.1, -0.05) is 78.4 Å². The number of quaternary nitrogens is 1. The lowest BCUT2D eigenvalue weighted by Gasteiger charge is -2.22. The molecule has 1 aromatic heterocycles. The van der Waals surface area contributed by atoms with Crippen LogP contribution >= 0.6 is 0 Å². The van der Waals surface area contributed by atoms with E-state index in [2.05, 4.69) is 22.8 Å². The Kier molecular flexibility index (Phi) is 6.06. The Balaban J connectivity index is 1.66. The number of benzene rings is 3. The van der Waals surface area contributed by atoms with Crippen molar-refractivity contribution in [2.24, 2.45) is 0 Å². The van der Waals surface area contributed by atoms with E-state index in [-0.39, 0.29) is 11.9 Å². The van der Waals surface area contributed by atoms with Gasteiger partial charge in [0.05, 0.1) is 6.26 Å². The lowest BCUT2D eigenvalue weighted by molar-refractivity contribution is -0.715. The van der Waals surface area contributed by atoms with Crippen molar-refractivity contribution in [2.45, 2.75) is 19.0 Å². The molecule has 30 heavy (non-hydrogen) atoms. The van der Waals surface area contributed by atoms with E-state index < -0.39 is 6.04 Å². The van der Waals surface area contributed by atoms with E-state index >= 15 is 0 Å². The number of aryl methyl sites for hydroxylation is 1. The molecule has 0 fully saturated rings. The number of furan rings is 1. The number of nitrogens with one attached hydrogen (secondary N) is 1. The molecule has 0 aliphatic carbocycles. The molecule has 0 bridgehead atoms. The van der Waals surface area contributed by atoms with Crippen molar-refractivity contribution < 1.29 is 14.5 Å². The highest BCUT2D eigenvalue weighted by molar-refractivity contribution is 5.94. The maximum Gasteiger partial charge on any atom is 0.287 e. The third-order valence-electron chi connectivity index (χ3n) is 5.15. The van der Waals surface area contributed by atoms with Crippen molar-refractivity contribution in [1.29, 1.82) is 0 Å². The Morgan fingerprint density at radius 2 is 1.43 bits per heavy atom. The van der Waals surface area contributed by atoms with E-state index in [0.29, 0.717) is 0 Å². The van der Waals surface area contributed by atoms with Gasteiger partial charge in [-0.2, -0.15) is 0 Å². The van der Waals surface area contributed by atoms with Crippen LogP contribution in [0.1, 0.15) is 34.5 Å². The van der Waals surface area contributed by atoms with Crippen molar-refractivity contribution in [3.05, 3.63) is 126 Å². The lowest BCUT2D eigenvalue weighted by Crippen LogP contribution is -2.88. The van der Waals surface area contributed by atoms with Crippen molar-refractivity contribution in [1.82, 2.24) is 0 Å². The number of anilines is 1. The third-order valence-corrected chi connectivity index (χ3v) is 5.15. The first-order valence-corrected chi connectivity index (χ1v) is 10.1. The number of hydrogen-bond donors (Lipinski definition) is 2. The summed E-state index contributed by atoms with van der Waals surface area (Å²) < 4.78 is 5.74. The minimum absolute atomic E-state index is 0.0717. The van der Waals surface area contributed by atoms with Crippen molar-refractivity contribution in [2.75, 3.05) is 5.32 Å². The third kappa shape index (κ3) is 4.67. The summed E-state index contributed by atoms with van der Waals surface area (Å²) >= 11 is 0. The summed E-state index contributed by atoms with van der Waals surface area (Å²) in [6.45, 7) is 2.03. The van der Waals surface area contributed by atoms with Crippen LogP contribution in [0.15, 0.2) is 108 Å². The standard InChI is InChI=1S/C26H24N2O2/c1-19-14-16-22(17-15-19)27-26(29)25(21-11-6-3-7-12-21)28-24(23-13-8-18-30-23)20-9-4-2-5-10-20/h2-18,24-25,28H,1H3,(H,27,29)/p+1/t24-,25-/m1/s1. The molecule has 4 nitrogen and oxygen atoms in total. The Bertz CT molecular complexity index is 1060. The summed E-state index contributed by atoms with van der Waals surface area (Å²) in [5, 5.41) is 5.13. The van der Waals surface area contributed by atoms with Crippen LogP contribution in [0.2, 0.25) is 0 Å². The van der Waals surface area contributed by atoms with Crippen LogP contribution in [0.3, 0.4) is 0 Å². The van der Waals surface area contributed by atoms with Gasteiger partial charge in [-0.3, -0.25) is 4.79 Å². The van der Waals surface area contributed by atoms with Gasteiger partial charge in [0.25, 0.3) is 5.91 Å². The van der Waals surface area contributed by atoms with Gasteiger partial charge < -0.3 is 15.1 Å². The summed E-state index contributed by atoms with van der Waals surface area (Å²) in [4.78, 5) is 13.4. The van der Waals surface area contributed by atoms with Gasteiger partial charge >= 0.3 is 0 Å². The van der Waals surface area contributed by atoms with Crippen molar-refractivity contribution in [3.8, 4) is 0 Å². The zero-order valence-electron chi connectivity index (χ0n) is 16.9. The monoisotopic (exact) mass is 397 g/mol. The van der Waals surface area contributed by atoms with E-state index in [1.165, 1.54) is 0 Å². The Morgan fingerprint density at radius 3 is 2.03 bits per heavy atom. The van der Waals surface area contributed by atoms with Gasteiger partial charge in [0, 0.05) is 16.8 Å². The van der Waals surface area contributed by atoms with Crippen molar-refractivity contribution in [3.63, 3.8) is 0 Å². The first-order chi connectivity index (χ1) is 14.7. The molecule has 150 valence electrons. The quantitative estimate of drug-likeness (QED) is 0.478. The van der Waals surface area contributed by atoms with Crippen LogP contribution in [0.4, 0.5) is 5.69 Å². The fraction of sp³-hybridized carbons (Fsp3) is 0.115. The van der Waals surface area contributed by atoms with Crippen LogP contribution in [0, 0.1) is 6.92 Å². The number of rotatable bonds is 7. The number of carbonyl (C=O) groups excluding carboxylic acids is 1. The Hall–Kier alpha value is -3.63. The molecule has 2 atom stereocenters. The average molecular weight is 397 g/mol. The summed E-state index contributed by atoms with van der Waals surface area (Å²) in [7, 11) is 0. The molecular weight excluding hydrogens is 372 g/mol. The van der Waals surface area contributed by atoms with Gasteiger partial charge in [-0.15, -0.1) is 0 Å². The van der Waals surface area contributed by atoms with E-state index in [1.807, 2.05) is 91.9 Å². The number of amides is 1. The summed E-state index contributed by atoms with van der Waals surface area (Å²) in [5.41, 5.74) is 3.96. The predicted molar refractivity (Wildman–Crippen MR) is 118 cm³/mol. The van der Waals surface area contributed by atoms with Crippen LogP contribution in [0.5, 0.6) is 0 Å². The molecule has 1 heterocycles. The molecule has 0 unspecified atom stereocenters. The highest BCUT2D eigenvalue weighted by atomic mass is 16.3. The molecule has 0 spiro atoms. The predicted octanol–water partition coefficient (Wildman–Crippen LogP) is 4.62. The molecule has 1 amide bonds. The van der Waals surface area contributed by atoms with E-state index in [9.17, 15) is 4.79 Å². The fourth-order valence-corrected chi connectivity index (χ4v) is 3.56. The van der Waals surface area contributed by atoms with Gasteiger partial charge in [0.1, 0.15) is 0 Å². The van der Waals surface area contributed by atoms with Crippen molar-refractivity contribution >= 4 is 11.6 Å². The molecule has 4 aromatic rings. The Morgan fingerprint density at radius 1 is 0.800 bits per heavy atom. The van der Waals surface area contributed by atoms with Crippen LogP contribution < -0.4 is 10.6 Å². The van der Waals surface area contributed by atoms with Crippen LogP contribution in [-0.2, 0) is 4.79 Å². The summed E-state index contributed by atoms with van der Waals surface area (Å²) in [5.74, 6) is 0.739. The average Bonchev–Trinajstić information content (AvgIpc) is 3.32. The molecule has 0 saturated heterocycles.